The average molecular weight is 196 g/mol. The Hall–Kier alpha value is -1.15. The van der Waals surface area contributed by atoms with Crippen LogP contribution < -0.4 is 5.32 Å². The minimum Gasteiger partial charge on any atom is -0.348 e. The largest absolute Gasteiger partial charge is 0.348 e. The molecule has 4 nitrogen and oxygen atoms in total. The summed E-state index contributed by atoms with van der Waals surface area (Å²) in [4.78, 5) is 24.4. The third-order valence-corrected chi connectivity index (χ3v) is 3.89. The highest BCUT2D eigenvalue weighted by molar-refractivity contribution is 5.80. The van der Waals surface area contributed by atoms with Gasteiger partial charge in [-0.15, -0.1) is 0 Å². The molecular formula is C10H16N2O2. The lowest BCUT2D eigenvalue weighted by atomic mass is 10.1. The van der Waals surface area contributed by atoms with Gasteiger partial charge in [-0.3, -0.25) is 4.79 Å². The summed E-state index contributed by atoms with van der Waals surface area (Å²) in [6.07, 6.45) is 1.35. The number of hydrogen-bond donors (Lipinski definition) is 1. The van der Waals surface area contributed by atoms with Crippen LogP contribution in [-0.4, -0.2) is 24.1 Å². The average Bonchev–Trinajstić information content (AvgIpc) is 2.46. The number of nitrogens with zero attached hydrogens (tertiary/aromatic N) is 1. The Kier molecular flexibility index (Phi) is 2.50. The summed E-state index contributed by atoms with van der Waals surface area (Å²) in [6, 6.07) is 0. The summed E-state index contributed by atoms with van der Waals surface area (Å²) < 4.78 is 0. The number of hydrogen-bond acceptors (Lipinski definition) is 3. The summed E-state index contributed by atoms with van der Waals surface area (Å²) in [7, 11) is 0. The summed E-state index contributed by atoms with van der Waals surface area (Å²) in [5, 5.41) is 2.89. The fourth-order valence-corrected chi connectivity index (χ4v) is 1.98. The Balaban J connectivity index is 2.55. The molecule has 1 aliphatic rings. The smallest absolute Gasteiger partial charge is 0.243 e. The second kappa shape index (κ2) is 3.21. The van der Waals surface area contributed by atoms with E-state index in [9.17, 15) is 9.59 Å². The van der Waals surface area contributed by atoms with Crippen molar-refractivity contribution in [1.82, 2.24) is 5.32 Å². The Morgan fingerprint density at radius 3 is 2.36 bits per heavy atom. The van der Waals surface area contributed by atoms with E-state index in [1.54, 1.807) is 0 Å². The monoisotopic (exact) mass is 196 g/mol. The number of isocyanates is 1. The van der Waals surface area contributed by atoms with Gasteiger partial charge in [0.2, 0.25) is 12.0 Å². The number of rotatable bonds is 3. The van der Waals surface area contributed by atoms with Crippen LogP contribution in [-0.2, 0) is 9.59 Å². The van der Waals surface area contributed by atoms with Crippen LogP contribution in [0.1, 0.15) is 27.7 Å². The van der Waals surface area contributed by atoms with Gasteiger partial charge < -0.3 is 5.32 Å². The van der Waals surface area contributed by atoms with E-state index >= 15 is 0 Å². The summed E-state index contributed by atoms with van der Waals surface area (Å²) in [6.45, 7) is 8.22. The first-order valence-corrected chi connectivity index (χ1v) is 4.71. The fraction of sp³-hybridized carbons (Fsp3) is 0.800. The second-order valence-electron chi connectivity index (χ2n) is 4.60. The van der Waals surface area contributed by atoms with Crippen LogP contribution in [0, 0.1) is 11.3 Å². The van der Waals surface area contributed by atoms with Crippen LogP contribution in [0.4, 0.5) is 0 Å². The second-order valence-corrected chi connectivity index (χ2v) is 4.60. The van der Waals surface area contributed by atoms with Gasteiger partial charge in [-0.05, 0) is 18.3 Å². The molecule has 0 radical (unpaired) electrons. The van der Waals surface area contributed by atoms with E-state index in [2.05, 4.69) is 31.1 Å². The van der Waals surface area contributed by atoms with E-state index in [-0.39, 0.29) is 23.4 Å². The predicted molar refractivity (Wildman–Crippen MR) is 52.5 cm³/mol. The molecule has 4 heteroatoms. The summed E-state index contributed by atoms with van der Waals surface area (Å²) in [5.41, 5.74) is -0.0456. The number of amides is 1. The van der Waals surface area contributed by atoms with Crippen molar-refractivity contribution in [2.75, 3.05) is 6.54 Å². The molecule has 1 amide bonds. The molecule has 1 N–H and O–H groups in total. The standard InChI is InChI=1S/C10H16N2O2/c1-7-9(2,3)10(7,4)12-8(14)5-11-6-13/h7H,5H2,1-4H3,(H,12,14). The molecule has 2 atom stereocenters. The number of nitrogens with one attached hydrogen (secondary N) is 1. The van der Waals surface area contributed by atoms with Gasteiger partial charge in [-0.2, -0.15) is 4.99 Å². The van der Waals surface area contributed by atoms with Crippen molar-refractivity contribution in [3.05, 3.63) is 0 Å². The molecule has 1 rings (SSSR count). The highest BCUT2D eigenvalue weighted by atomic mass is 16.2. The molecule has 1 saturated carbocycles. The van der Waals surface area contributed by atoms with Gasteiger partial charge in [0.1, 0.15) is 6.54 Å². The van der Waals surface area contributed by atoms with Crippen molar-refractivity contribution in [3.8, 4) is 0 Å². The van der Waals surface area contributed by atoms with E-state index in [1.807, 2.05) is 6.92 Å². The topological polar surface area (TPSA) is 58.5 Å². The third kappa shape index (κ3) is 1.46. The van der Waals surface area contributed by atoms with E-state index in [0.717, 1.165) is 0 Å². The van der Waals surface area contributed by atoms with Gasteiger partial charge in [0.05, 0.1) is 0 Å². The molecule has 78 valence electrons. The summed E-state index contributed by atoms with van der Waals surface area (Å²) in [5.74, 6) is 0.229. The molecule has 0 aliphatic heterocycles. The van der Waals surface area contributed by atoms with Crippen molar-refractivity contribution < 1.29 is 9.59 Å². The third-order valence-electron chi connectivity index (χ3n) is 3.89. The Morgan fingerprint density at radius 2 is 2.00 bits per heavy atom. The molecule has 0 bridgehead atoms. The highest BCUT2D eigenvalue weighted by Crippen LogP contribution is 2.60. The van der Waals surface area contributed by atoms with Crippen molar-refractivity contribution >= 4 is 12.0 Å². The van der Waals surface area contributed by atoms with Gasteiger partial charge >= 0.3 is 0 Å². The van der Waals surface area contributed by atoms with Gasteiger partial charge in [-0.25, -0.2) is 4.79 Å². The first-order chi connectivity index (χ1) is 6.36. The zero-order chi connectivity index (χ0) is 11.0. The van der Waals surface area contributed by atoms with Crippen molar-refractivity contribution in [3.63, 3.8) is 0 Å². The fourth-order valence-electron chi connectivity index (χ4n) is 1.98. The molecule has 1 aliphatic carbocycles. The zero-order valence-corrected chi connectivity index (χ0v) is 9.05. The molecule has 0 heterocycles. The van der Waals surface area contributed by atoms with Crippen LogP contribution in [0.25, 0.3) is 0 Å². The highest BCUT2D eigenvalue weighted by Gasteiger charge is 2.66. The first-order valence-electron chi connectivity index (χ1n) is 4.71. The zero-order valence-electron chi connectivity index (χ0n) is 9.05. The molecule has 14 heavy (non-hydrogen) atoms. The van der Waals surface area contributed by atoms with E-state index in [1.165, 1.54) is 6.08 Å². The maximum Gasteiger partial charge on any atom is 0.243 e. The number of carbonyl (C=O) groups excluding carboxylic acids is 2. The van der Waals surface area contributed by atoms with Crippen LogP contribution in [0.2, 0.25) is 0 Å². The van der Waals surface area contributed by atoms with E-state index in [0.29, 0.717) is 5.92 Å². The van der Waals surface area contributed by atoms with Gasteiger partial charge in [0, 0.05) is 5.54 Å². The lowest BCUT2D eigenvalue weighted by Crippen LogP contribution is -2.39. The molecule has 1 fully saturated rings. The predicted octanol–water partition coefficient (Wildman–Crippen LogP) is 0.873. The van der Waals surface area contributed by atoms with Crippen LogP contribution >= 0.6 is 0 Å². The SMILES string of the molecule is CC1C(C)(C)C1(C)NC(=O)CN=C=O. The van der Waals surface area contributed by atoms with Gasteiger partial charge in [-0.1, -0.05) is 20.8 Å². The molecular weight excluding hydrogens is 180 g/mol. The van der Waals surface area contributed by atoms with E-state index in [4.69, 9.17) is 0 Å². The Morgan fingerprint density at radius 1 is 1.50 bits per heavy atom. The lowest BCUT2D eigenvalue weighted by Gasteiger charge is -2.16. The lowest BCUT2D eigenvalue weighted by molar-refractivity contribution is -0.120. The Bertz CT molecular complexity index is 305. The van der Waals surface area contributed by atoms with Crippen LogP contribution in [0.5, 0.6) is 0 Å². The summed E-state index contributed by atoms with van der Waals surface area (Å²) >= 11 is 0. The van der Waals surface area contributed by atoms with Crippen molar-refractivity contribution in [2.24, 2.45) is 16.3 Å². The maximum atomic E-state index is 11.3. The molecule has 2 unspecified atom stereocenters. The molecule has 0 aromatic rings. The maximum absolute atomic E-state index is 11.3. The number of aliphatic imine (C=N–C) groups is 1. The molecule has 0 aromatic carbocycles. The van der Waals surface area contributed by atoms with Crippen molar-refractivity contribution in [1.29, 1.82) is 0 Å². The van der Waals surface area contributed by atoms with Gasteiger partial charge in [0.15, 0.2) is 0 Å². The van der Waals surface area contributed by atoms with Gasteiger partial charge in [0.25, 0.3) is 0 Å². The normalized spacial score (nSPS) is 33.0. The minimum atomic E-state index is -0.215. The first kappa shape index (κ1) is 10.9. The number of carbonyl (C=O) groups is 1. The van der Waals surface area contributed by atoms with Crippen molar-refractivity contribution in [2.45, 2.75) is 33.2 Å². The van der Waals surface area contributed by atoms with Crippen LogP contribution in [0.3, 0.4) is 0 Å². The van der Waals surface area contributed by atoms with Crippen LogP contribution in [0.15, 0.2) is 4.99 Å². The minimum absolute atomic E-state index is 0.119. The quantitative estimate of drug-likeness (QED) is 0.538. The molecule has 0 aromatic heterocycles. The van der Waals surface area contributed by atoms with E-state index < -0.39 is 0 Å². The Labute approximate surface area is 83.8 Å². The molecule has 0 spiro atoms. The molecule has 0 saturated heterocycles.